The zero-order valence-corrected chi connectivity index (χ0v) is 9.24. The Labute approximate surface area is 89.3 Å². The summed E-state index contributed by atoms with van der Waals surface area (Å²) in [7, 11) is 1.59. The maximum atomic E-state index is 11.1. The van der Waals surface area contributed by atoms with Crippen molar-refractivity contribution >= 4 is 17.3 Å². The van der Waals surface area contributed by atoms with E-state index in [9.17, 15) is 4.79 Å². The van der Waals surface area contributed by atoms with Crippen LogP contribution in [0, 0.1) is 0 Å². The van der Waals surface area contributed by atoms with Gasteiger partial charge in [0, 0.05) is 25.9 Å². The third-order valence-electron chi connectivity index (χ3n) is 1.83. The van der Waals surface area contributed by atoms with E-state index in [1.165, 1.54) is 13.1 Å². The van der Waals surface area contributed by atoms with Crippen molar-refractivity contribution in [2.45, 2.75) is 13.8 Å². The van der Waals surface area contributed by atoms with Crippen LogP contribution in [0.5, 0.6) is 0 Å². The molecule has 0 spiro atoms. The van der Waals surface area contributed by atoms with Crippen molar-refractivity contribution in [3.05, 3.63) is 24.0 Å². The molecule has 0 unspecified atom stereocenters. The van der Waals surface area contributed by atoms with Crippen LogP contribution in [0.2, 0.25) is 0 Å². The van der Waals surface area contributed by atoms with Crippen LogP contribution in [0.1, 0.15) is 13.8 Å². The molecule has 4 N–H and O–H groups in total. The van der Waals surface area contributed by atoms with E-state index in [2.05, 4.69) is 16.6 Å². The van der Waals surface area contributed by atoms with Gasteiger partial charge >= 0.3 is 0 Å². The fourth-order valence-corrected chi connectivity index (χ4v) is 0.969. The van der Waals surface area contributed by atoms with E-state index in [-0.39, 0.29) is 17.3 Å². The third kappa shape index (κ3) is 3.38. The van der Waals surface area contributed by atoms with Crippen LogP contribution in [0.3, 0.4) is 0 Å². The van der Waals surface area contributed by atoms with Crippen molar-refractivity contribution in [1.82, 2.24) is 0 Å². The first-order chi connectivity index (χ1) is 6.95. The van der Waals surface area contributed by atoms with Crippen molar-refractivity contribution in [2.24, 2.45) is 21.5 Å². The maximum Gasteiger partial charge on any atom is 0.176 e. The van der Waals surface area contributed by atoms with Crippen LogP contribution in [0.25, 0.3) is 0 Å². The summed E-state index contributed by atoms with van der Waals surface area (Å²) in [5.41, 5.74) is 12.3. The molecule has 15 heavy (non-hydrogen) atoms. The lowest BCUT2D eigenvalue weighted by Gasteiger charge is -2.08. The molecule has 0 fully saturated rings. The summed E-state index contributed by atoms with van der Waals surface area (Å²) in [4.78, 5) is 18.9. The summed E-state index contributed by atoms with van der Waals surface area (Å²) in [6.07, 6.45) is 1.28. The highest BCUT2D eigenvalue weighted by molar-refractivity contribution is 6.26. The lowest BCUT2D eigenvalue weighted by Crippen LogP contribution is -2.26. The van der Waals surface area contributed by atoms with Crippen molar-refractivity contribution in [3.63, 3.8) is 0 Å². The minimum absolute atomic E-state index is 0.0567. The number of carbonyl (C=O) groups is 1. The van der Waals surface area contributed by atoms with Crippen LogP contribution < -0.4 is 11.5 Å². The molecule has 82 valence electrons. The summed E-state index contributed by atoms with van der Waals surface area (Å²) in [5.74, 6) is -0.129. The van der Waals surface area contributed by atoms with E-state index in [0.29, 0.717) is 11.3 Å². The molecule has 0 aliphatic heterocycles. The first kappa shape index (κ1) is 13.1. The van der Waals surface area contributed by atoms with Gasteiger partial charge in [0.2, 0.25) is 0 Å². The van der Waals surface area contributed by atoms with Gasteiger partial charge in [0.05, 0.1) is 11.3 Å². The quantitative estimate of drug-likeness (QED) is 0.397. The number of hydrogen-bond acceptors (Lipinski definition) is 4. The molecule has 5 heteroatoms. The largest absolute Gasteiger partial charge is 0.395 e. The zero-order valence-electron chi connectivity index (χ0n) is 9.24. The number of nitrogens with zero attached hydrogens (tertiary/aromatic N) is 2. The fraction of sp³-hybridized carbons (Fsp3) is 0.300. The van der Waals surface area contributed by atoms with E-state index in [1.807, 2.05) is 0 Å². The number of amidine groups is 1. The SMILES string of the molecule is C=CN=C(N)C(C(C)=NC)=C(N)C(C)=O. The predicted octanol–water partition coefficient (Wildman–Crippen LogP) is 0.380. The topological polar surface area (TPSA) is 93.8 Å². The van der Waals surface area contributed by atoms with Gasteiger partial charge in [-0.25, -0.2) is 4.99 Å². The normalized spacial score (nSPS) is 14.6. The molecule has 0 saturated heterocycles. The summed E-state index contributed by atoms with van der Waals surface area (Å²) in [6, 6.07) is 0. The Morgan fingerprint density at radius 1 is 1.33 bits per heavy atom. The molecule has 5 nitrogen and oxygen atoms in total. The summed E-state index contributed by atoms with van der Waals surface area (Å²) in [6.45, 7) is 6.48. The smallest absolute Gasteiger partial charge is 0.176 e. The van der Waals surface area contributed by atoms with E-state index < -0.39 is 0 Å². The van der Waals surface area contributed by atoms with Gasteiger partial charge in [-0.1, -0.05) is 6.58 Å². The first-order valence-corrected chi connectivity index (χ1v) is 4.34. The van der Waals surface area contributed by atoms with E-state index >= 15 is 0 Å². The maximum absolute atomic E-state index is 11.1. The van der Waals surface area contributed by atoms with Gasteiger partial charge in [-0.15, -0.1) is 0 Å². The Kier molecular flexibility index (Phi) is 5.01. The van der Waals surface area contributed by atoms with Gasteiger partial charge < -0.3 is 11.5 Å². The number of nitrogens with two attached hydrogens (primary N) is 2. The second-order valence-electron chi connectivity index (χ2n) is 2.85. The standard InChI is InChI=1S/C10H16N4O/c1-5-14-10(12)8(6(2)13-4)9(11)7(3)15/h5H,1,11H2,2-4H3,(H2,12,14). The van der Waals surface area contributed by atoms with Gasteiger partial charge in [-0.3, -0.25) is 9.79 Å². The molecular weight excluding hydrogens is 192 g/mol. The number of rotatable bonds is 4. The molecule has 0 atom stereocenters. The van der Waals surface area contributed by atoms with E-state index in [1.54, 1.807) is 14.0 Å². The minimum Gasteiger partial charge on any atom is -0.395 e. The number of ketones is 1. The minimum atomic E-state index is -0.268. The molecule has 0 aliphatic rings. The first-order valence-electron chi connectivity index (χ1n) is 4.34. The summed E-state index contributed by atoms with van der Waals surface area (Å²) >= 11 is 0. The lowest BCUT2D eigenvalue weighted by atomic mass is 10.1. The molecule has 0 aromatic carbocycles. The molecule has 0 radical (unpaired) electrons. The molecule has 0 aromatic rings. The van der Waals surface area contributed by atoms with Crippen LogP contribution in [-0.2, 0) is 4.79 Å². The Balaban J connectivity index is 5.65. The molecule has 0 aromatic heterocycles. The van der Waals surface area contributed by atoms with Crippen molar-refractivity contribution in [1.29, 1.82) is 0 Å². The highest BCUT2D eigenvalue weighted by Gasteiger charge is 2.14. The second-order valence-corrected chi connectivity index (χ2v) is 2.85. The third-order valence-corrected chi connectivity index (χ3v) is 1.83. The van der Waals surface area contributed by atoms with E-state index in [0.717, 1.165) is 0 Å². The average molecular weight is 208 g/mol. The van der Waals surface area contributed by atoms with Gasteiger partial charge in [0.15, 0.2) is 5.78 Å². The summed E-state index contributed by atoms with van der Waals surface area (Å²) in [5, 5.41) is 0. The molecule has 0 rings (SSSR count). The molecule has 0 bridgehead atoms. The molecule has 0 amide bonds. The van der Waals surface area contributed by atoms with Crippen LogP contribution in [-0.4, -0.2) is 24.4 Å². The molecule has 0 saturated carbocycles. The Morgan fingerprint density at radius 2 is 1.87 bits per heavy atom. The number of aliphatic imine (C=N–C) groups is 2. The van der Waals surface area contributed by atoms with Crippen LogP contribution >= 0.6 is 0 Å². The number of Topliss-reactive ketones (excluding diaryl/α,β-unsaturated/α-hetero) is 1. The Morgan fingerprint density at radius 3 is 2.20 bits per heavy atom. The lowest BCUT2D eigenvalue weighted by molar-refractivity contribution is -0.113. The highest BCUT2D eigenvalue weighted by atomic mass is 16.1. The second kappa shape index (κ2) is 5.74. The van der Waals surface area contributed by atoms with Crippen LogP contribution in [0.15, 0.2) is 34.0 Å². The fourth-order valence-electron chi connectivity index (χ4n) is 0.969. The van der Waals surface area contributed by atoms with Gasteiger partial charge in [0.1, 0.15) is 5.84 Å². The van der Waals surface area contributed by atoms with Crippen molar-refractivity contribution in [3.8, 4) is 0 Å². The Bertz CT molecular complexity index is 364. The van der Waals surface area contributed by atoms with Gasteiger partial charge in [0.25, 0.3) is 0 Å². The van der Waals surface area contributed by atoms with E-state index in [4.69, 9.17) is 11.5 Å². The van der Waals surface area contributed by atoms with Gasteiger partial charge in [-0.05, 0) is 6.92 Å². The number of allylic oxidation sites excluding steroid dienone is 1. The molecular formula is C10H16N4O. The van der Waals surface area contributed by atoms with Crippen molar-refractivity contribution < 1.29 is 4.79 Å². The van der Waals surface area contributed by atoms with Crippen LogP contribution in [0.4, 0.5) is 0 Å². The molecule has 0 aliphatic carbocycles. The predicted molar refractivity (Wildman–Crippen MR) is 62.7 cm³/mol. The van der Waals surface area contributed by atoms with Crippen molar-refractivity contribution in [2.75, 3.05) is 7.05 Å². The molecule has 0 heterocycles. The Hall–Kier alpha value is -1.91. The number of carbonyl (C=O) groups excluding carboxylic acids is 1. The highest BCUT2D eigenvalue weighted by Crippen LogP contribution is 2.04. The monoisotopic (exact) mass is 208 g/mol. The summed E-state index contributed by atoms with van der Waals surface area (Å²) < 4.78 is 0. The van der Waals surface area contributed by atoms with Gasteiger partial charge in [-0.2, -0.15) is 0 Å². The zero-order chi connectivity index (χ0) is 12.0. The average Bonchev–Trinajstić information content (AvgIpc) is 2.17. The number of hydrogen-bond donors (Lipinski definition) is 2.